The predicted molar refractivity (Wildman–Crippen MR) is 129 cm³/mol. The standard InChI is InChI=1S/C26H24FN5O2/c1-2-34-25-23-22(31-26(32-25)28-15-16-3-9-19(27)10-4-16)14-13-21(30-23)17-7-11-20(12-8-17)29-24(33)18-5-6-18/h3-4,7-14,18H,2,5-6,15H2,1H3,(H,29,33)(H,28,31,32). The van der Waals surface area contributed by atoms with Crippen molar-refractivity contribution in [2.24, 2.45) is 5.92 Å². The molecule has 0 radical (unpaired) electrons. The average molecular weight is 458 g/mol. The van der Waals surface area contributed by atoms with Crippen LogP contribution < -0.4 is 15.4 Å². The summed E-state index contributed by atoms with van der Waals surface area (Å²) in [6.07, 6.45) is 1.94. The maximum atomic E-state index is 13.1. The minimum absolute atomic E-state index is 0.0823. The van der Waals surface area contributed by atoms with Gasteiger partial charge in [0.05, 0.1) is 17.8 Å². The first kappa shape index (κ1) is 21.8. The molecule has 0 unspecified atom stereocenters. The molecule has 2 heterocycles. The van der Waals surface area contributed by atoms with E-state index in [0.29, 0.717) is 36.0 Å². The number of anilines is 2. The number of nitrogens with zero attached hydrogens (tertiary/aromatic N) is 3. The smallest absolute Gasteiger partial charge is 0.245 e. The lowest BCUT2D eigenvalue weighted by Gasteiger charge is -2.11. The van der Waals surface area contributed by atoms with Crippen molar-refractivity contribution >= 4 is 28.6 Å². The van der Waals surface area contributed by atoms with E-state index in [1.807, 2.05) is 43.3 Å². The van der Waals surface area contributed by atoms with Crippen LogP contribution in [-0.4, -0.2) is 27.5 Å². The summed E-state index contributed by atoms with van der Waals surface area (Å²) in [4.78, 5) is 25.8. The highest BCUT2D eigenvalue weighted by Gasteiger charge is 2.29. The number of aromatic nitrogens is 3. The molecule has 172 valence electrons. The lowest BCUT2D eigenvalue weighted by Crippen LogP contribution is -2.12. The van der Waals surface area contributed by atoms with Gasteiger partial charge in [0.1, 0.15) is 5.82 Å². The Balaban J connectivity index is 1.38. The van der Waals surface area contributed by atoms with Crippen molar-refractivity contribution in [3.05, 3.63) is 72.0 Å². The zero-order valence-corrected chi connectivity index (χ0v) is 18.7. The number of fused-ring (bicyclic) bond motifs is 1. The van der Waals surface area contributed by atoms with Gasteiger partial charge in [-0.25, -0.2) is 14.4 Å². The summed E-state index contributed by atoms with van der Waals surface area (Å²) in [5, 5.41) is 6.11. The first-order valence-electron chi connectivity index (χ1n) is 11.3. The minimum Gasteiger partial charge on any atom is -0.476 e. The van der Waals surface area contributed by atoms with E-state index in [1.165, 1.54) is 12.1 Å². The molecule has 0 spiro atoms. The van der Waals surface area contributed by atoms with Crippen molar-refractivity contribution in [2.75, 3.05) is 17.2 Å². The van der Waals surface area contributed by atoms with Crippen LogP contribution in [-0.2, 0) is 11.3 Å². The normalized spacial score (nSPS) is 13.0. The van der Waals surface area contributed by atoms with Gasteiger partial charge >= 0.3 is 0 Å². The van der Waals surface area contributed by atoms with Crippen molar-refractivity contribution in [2.45, 2.75) is 26.3 Å². The summed E-state index contributed by atoms with van der Waals surface area (Å²) in [5.41, 5.74) is 4.57. The van der Waals surface area contributed by atoms with Crippen LogP contribution in [0.1, 0.15) is 25.3 Å². The van der Waals surface area contributed by atoms with Crippen molar-refractivity contribution < 1.29 is 13.9 Å². The molecule has 0 aliphatic heterocycles. The van der Waals surface area contributed by atoms with Crippen molar-refractivity contribution in [3.63, 3.8) is 0 Å². The molecule has 1 fully saturated rings. The van der Waals surface area contributed by atoms with Gasteiger partial charge in [0.25, 0.3) is 0 Å². The Bertz CT molecular complexity index is 1320. The van der Waals surface area contributed by atoms with E-state index in [-0.39, 0.29) is 17.6 Å². The number of carbonyl (C=O) groups is 1. The number of pyridine rings is 1. The summed E-state index contributed by atoms with van der Waals surface area (Å²) < 4.78 is 18.9. The Labute approximate surface area is 196 Å². The van der Waals surface area contributed by atoms with Gasteiger partial charge in [0.15, 0.2) is 5.52 Å². The summed E-state index contributed by atoms with van der Waals surface area (Å²) in [5.74, 6) is 0.770. The summed E-state index contributed by atoms with van der Waals surface area (Å²) >= 11 is 0. The Morgan fingerprint density at radius 2 is 1.76 bits per heavy atom. The van der Waals surface area contributed by atoms with Gasteiger partial charge in [0, 0.05) is 23.7 Å². The van der Waals surface area contributed by atoms with Crippen LogP contribution >= 0.6 is 0 Å². The second-order valence-corrected chi connectivity index (χ2v) is 8.17. The topological polar surface area (TPSA) is 89.0 Å². The Hall–Kier alpha value is -4.07. The molecule has 1 amide bonds. The molecule has 2 aromatic heterocycles. The summed E-state index contributed by atoms with van der Waals surface area (Å²) in [7, 11) is 0. The average Bonchev–Trinajstić information content (AvgIpc) is 3.70. The number of carbonyl (C=O) groups excluding carboxylic acids is 1. The molecular formula is C26H24FN5O2. The van der Waals surface area contributed by atoms with Gasteiger partial charge in [-0.2, -0.15) is 4.98 Å². The third kappa shape index (κ3) is 4.96. The van der Waals surface area contributed by atoms with E-state index < -0.39 is 0 Å². The number of halogens is 1. The largest absolute Gasteiger partial charge is 0.476 e. The summed E-state index contributed by atoms with van der Waals surface area (Å²) in [6, 6.07) is 17.7. The molecule has 8 heteroatoms. The molecule has 7 nitrogen and oxygen atoms in total. The number of benzene rings is 2. The van der Waals surface area contributed by atoms with Crippen molar-refractivity contribution in [3.8, 4) is 17.1 Å². The first-order chi connectivity index (χ1) is 16.6. The number of nitrogens with one attached hydrogen (secondary N) is 2. The van der Waals surface area contributed by atoms with Gasteiger partial charge in [-0.05, 0) is 61.7 Å². The van der Waals surface area contributed by atoms with E-state index in [2.05, 4.69) is 20.6 Å². The minimum atomic E-state index is -0.274. The van der Waals surface area contributed by atoms with Crippen molar-refractivity contribution in [1.29, 1.82) is 0 Å². The molecule has 1 aliphatic rings. The molecule has 0 atom stereocenters. The second kappa shape index (κ2) is 9.43. The SMILES string of the molecule is CCOc1nc(NCc2ccc(F)cc2)nc2ccc(-c3ccc(NC(=O)C4CC4)cc3)nc12. The lowest BCUT2D eigenvalue weighted by molar-refractivity contribution is -0.117. The van der Waals surface area contributed by atoms with E-state index >= 15 is 0 Å². The number of hydrogen-bond acceptors (Lipinski definition) is 6. The number of amides is 1. The van der Waals surface area contributed by atoms with Gasteiger partial charge in [0.2, 0.25) is 17.7 Å². The van der Waals surface area contributed by atoms with Crippen LogP contribution in [0.4, 0.5) is 16.0 Å². The maximum absolute atomic E-state index is 13.1. The first-order valence-corrected chi connectivity index (χ1v) is 11.3. The van der Waals surface area contributed by atoms with Gasteiger partial charge < -0.3 is 15.4 Å². The quantitative estimate of drug-likeness (QED) is 0.379. The monoisotopic (exact) mass is 457 g/mol. The maximum Gasteiger partial charge on any atom is 0.245 e. The van der Waals surface area contributed by atoms with Gasteiger partial charge in [-0.15, -0.1) is 0 Å². The Morgan fingerprint density at radius 3 is 2.47 bits per heavy atom. The van der Waals surface area contributed by atoms with Crippen LogP contribution in [0.25, 0.3) is 22.3 Å². The zero-order valence-electron chi connectivity index (χ0n) is 18.7. The molecule has 5 rings (SSSR count). The highest BCUT2D eigenvalue weighted by atomic mass is 19.1. The van der Waals surface area contributed by atoms with Gasteiger partial charge in [-0.1, -0.05) is 24.3 Å². The number of ether oxygens (including phenoxy) is 1. The van der Waals surface area contributed by atoms with Crippen LogP contribution in [0.2, 0.25) is 0 Å². The number of rotatable bonds is 8. The predicted octanol–water partition coefficient (Wildman–Crippen LogP) is 5.19. The molecule has 1 saturated carbocycles. The molecule has 1 aliphatic carbocycles. The second-order valence-electron chi connectivity index (χ2n) is 8.17. The van der Waals surface area contributed by atoms with E-state index in [1.54, 1.807) is 12.1 Å². The third-order valence-electron chi connectivity index (χ3n) is 5.55. The van der Waals surface area contributed by atoms with Gasteiger partial charge in [-0.3, -0.25) is 4.79 Å². The highest BCUT2D eigenvalue weighted by Crippen LogP contribution is 2.31. The van der Waals surface area contributed by atoms with Crippen LogP contribution in [0.15, 0.2) is 60.7 Å². The summed E-state index contributed by atoms with van der Waals surface area (Å²) in [6.45, 7) is 2.77. The van der Waals surface area contributed by atoms with Crippen LogP contribution in [0, 0.1) is 11.7 Å². The Kier molecular flexibility index (Phi) is 6.03. The van der Waals surface area contributed by atoms with E-state index in [4.69, 9.17) is 9.72 Å². The van der Waals surface area contributed by atoms with Crippen LogP contribution in [0.5, 0.6) is 5.88 Å². The Morgan fingerprint density at radius 1 is 1.00 bits per heavy atom. The zero-order chi connectivity index (χ0) is 23.5. The molecule has 0 saturated heterocycles. The molecule has 0 bridgehead atoms. The molecule has 2 aromatic carbocycles. The fourth-order valence-electron chi connectivity index (χ4n) is 3.56. The molecular weight excluding hydrogens is 433 g/mol. The van der Waals surface area contributed by atoms with Crippen molar-refractivity contribution in [1.82, 2.24) is 15.0 Å². The van der Waals surface area contributed by atoms with Crippen LogP contribution in [0.3, 0.4) is 0 Å². The fraction of sp³-hybridized carbons (Fsp3) is 0.231. The molecule has 34 heavy (non-hydrogen) atoms. The highest BCUT2D eigenvalue weighted by molar-refractivity contribution is 5.94. The number of hydrogen-bond donors (Lipinski definition) is 2. The third-order valence-corrected chi connectivity index (χ3v) is 5.55. The fourth-order valence-corrected chi connectivity index (χ4v) is 3.56. The lowest BCUT2D eigenvalue weighted by atomic mass is 10.1. The van der Waals surface area contributed by atoms with E-state index in [0.717, 1.165) is 35.3 Å². The molecule has 2 N–H and O–H groups in total. The van der Waals surface area contributed by atoms with E-state index in [9.17, 15) is 9.18 Å². The molecule has 4 aromatic rings.